The second-order valence-electron chi connectivity index (χ2n) is 6.22. The summed E-state index contributed by atoms with van der Waals surface area (Å²) >= 11 is 5.80. The van der Waals surface area contributed by atoms with Gasteiger partial charge in [0.2, 0.25) is 0 Å². The molecule has 4 unspecified atom stereocenters. The van der Waals surface area contributed by atoms with Crippen LogP contribution >= 0.6 is 11.6 Å². The summed E-state index contributed by atoms with van der Waals surface area (Å²) in [6.45, 7) is 2.81. The van der Waals surface area contributed by atoms with Gasteiger partial charge in [0.15, 0.2) is 0 Å². The lowest BCUT2D eigenvalue weighted by Crippen LogP contribution is -2.36. The lowest BCUT2D eigenvalue weighted by atomic mass is 9.84. The third-order valence-electron chi connectivity index (χ3n) is 5.08. The molecule has 2 aliphatic rings. The Kier molecular flexibility index (Phi) is 3.81. The van der Waals surface area contributed by atoms with Crippen molar-refractivity contribution in [1.29, 1.82) is 0 Å². The SMILES string of the molecule is CC(NCc1cccc(Cl)c1F)C1CC2CCC1C2. The van der Waals surface area contributed by atoms with Gasteiger partial charge in [-0.2, -0.15) is 0 Å². The van der Waals surface area contributed by atoms with Crippen molar-refractivity contribution in [1.82, 2.24) is 5.32 Å². The van der Waals surface area contributed by atoms with E-state index in [2.05, 4.69) is 12.2 Å². The van der Waals surface area contributed by atoms with Crippen LogP contribution in [0.25, 0.3) is 0 Å². The van der Waals surface area contributed by atoms with E-state index in [1.165, 1.54) is 25.7 Å². The highest BCUT2D eigenvalue weighted by molar-refractivity contribution is 6.30. The molecule has 1 aromatic carbocycles. The summed E-state index contributed by atoms with van der Waals surface area (Å²) in [6, 6.07) is 5.68. The van der Waals surface area contributed by atoms with Crippen molar-refractivity contribution in [3.05, 3.63) is 34.6 Å². The fraction of sp³-hybridized carbons (Fsp3) is 0.625. The molecule has 1 nitrogen and oxygen atoms in total. The first-order chi connectivity index (χ1) is 9.15. The summed E-state index contributed by atoms with van der Waals surface area (Å²) in [6.07, 6.45) is 5.60. The standard InChI is InChI=1S/C16H21ClFN/c1-10(14-8-11-5-6-12(14)7-11)19-9-13-3-2-4-15(17)16(13)18/h2-4,10-12,14,19H,5-9H2,1H3. The molecule has 2 aliphatic carbocycles. The third-order valence-corrected chi connectivity index (χ3v) is 5.37. The van der Waals surface area contributed by atoms with Crippen LogP contribution in [-0.4, -0.2) is 6.04 Å². The van der Waals surface area contributed by atoms with Gasteiger partial charge in [-0.25, -0.2) is 4.39 Å². The molecule has 3 rings (SSSR count). The zero-order valence-electron chi connectivity index (χ0n) is 11.3. The van der Waals surface area contributed by atoms with Crippen molar-refractivity contribution in [2.75, 3.05) is 0 Å². The van der Waals surface area contributed by atoms with Crippen molar-refractivity contribution in [3.63, 3.8) is 0 Å². The number of benzene rings is 1. The molecule has 2 bridgehead atoms. The van der Waals surface area contributed by atoms with Crippen LogP contribution in [0, 0.1) is 23.6 Å². The maximum atomic E-state index is 13.8. The van der Waals surface area contributed by atoms with Gasteiger partial charge in [-0.15, -0.1) is 0 Å². The number of hydrogen-bond acceptors (Lipinski definition) is 1. The molecular weight excluding hydrogens is 261 g/mol. The molecule has 104 valence electrons. The van der Waals surface area contributed by atoms with Gasteiger partial charge in [0.25, 0.3) is 0 Å². The van der Waals surface area contributed by atoms with Gasteiger partial charge < -0.3 is 5.32 Å². The second-order valence-corrected chi connectivity index (χ2v) is 6.63. The molecule has 0 saturated heterocycles. The fourth-order valence-corrected chi connectivity index (χ4v) is 4.21. The van der Waals surface area contributed by atoms with E-state index in [1.54, 1.807) is 6.07 Å². The molecule has 0 radical (unpaired) electrons. The highest BCUT2D eigenvalue weighted by atomic mass is 35.5. The van der Waals surface area contributed by atoms with Crippen molar-refractivity contribution in [2.24, 2.45) is 17.8 Å². The summed E-state index contributed by atoms with van der Waals surface area (Å²) in [5.41, 5.74) is 0.669. The van der Waals surface area contributed by atoms with Gasteiger partial charge >= 0.3 is 0 Å². The van der Waals surface area contributed by atoms with Gasteiger partial charge in [-0.3, -0.25) is 0 Å². The monoisotopic (exact) mass is 281 g/mol. The normalized spacial score (nSPS) is 30.8. The molecule has 2 saturated carbocycles. The fourth-order valence-electron chi connectivity index (χ4n) is 4.01. The molecule has 0 spiro atoms. The molecule has 19 heavy (non-hydrogen) atoms. The summed E-state index contributed by atoms with van der Waals surface area (Å²) in [7, 11) is 0. The summed E-state index contributed by atoms with van der Waals surface area (Å²) < 4.78 is 13.8. The topological polar surface area (TPSA) is 12.0 Å². The van der Waals surface area contributed by atoms with E-state index in [-0.39, 0.29) is 10.8 Å². The number of nitrogens with one attached hydrogen (secondary N) is 1. The van der Waals surface area contributed by atoms with Crippen LogP contribution in [0.5, 0.6) is 0 Å². The molecule has 0 heterocycles. The van der Waals surface area contributed by atoms with E-state index in [0.29, 0.717) is 18.2 Å². The van der Waals surface area contributed by atoms with E-state index in [1.807, 2.05) is 12.1 Å². The Bertz CT molecular complexity index is 462. The highest BCUT2D eigenvalue weighted by Crippen LogP contribution is 2.49. The minimum atomic E-state index is -0.281. The molecule has 2 fully saturated rings. The van der Waals surface area contributed by atoms with Crippen LogP contribution in [0.15, 0.2) is 18.2 Å². The van der Waals surface area contributed by atoms with Crippen LogP contribution in [0.3, 0.4) is 0 Å². The molecule has 3 heteroatoms. The minimum Gasteiger partial charge on any atom is -0.310 e. The van der Waals surface area contributed by atoms with E-state index >= 15 is 0 Å². The largest absolute Gasteiger partial charge is 0.310 e. The highest BCUT2D eigenvalue weighted by Gasteiger charge is 2.41. The zero-order chi connectivity index (χ0) is 13.4. The van der Waals surface area contributed by atoms with Gasteiger partial charge in [0, 0.05) is 18.2 Å². The molecule has 0 aliphatic heterocycles. The van der Waals surface area contributed by atoms with Gasteiger partial charge in [0.1, 0.15) is 5.82 Å². The van der Waals surface area contributed by atoms with Crippen molar-refractivity contribution >= 4 is 11.6 Å². The average Bonchev–Trinajstić information content (AvgIpc) is 3.02. The van der Waals surface area contributed by atoms with Gasteiger partial charge in [-0.05, 0) is 50.0 Å². The molecular formula is C16H21ClFN. The number of rotatable bonds is 4. The van der Waals surface area contributed by atoms with Gasteiger partial charge in [0.05, 0.1) is 5.02 Å². The smallest absolute Gasteiger partial charge is 0.146 e. The average molecular weight is 282 g/mol. The number of fused-ring (bicyclic) bond motifs is 2. The van der Waals surface area contributed by atoms with Crippen molar-refractivity contribution < 1.29 is 4.39 Å². The summed E-state index contributed by atoms with van der Waals surface area (Å²) in [5, 5.41) is 3.71. The van der Waals surface area contributed by atoms with Gasteiger partial charge in [-0.1, -0.05) is 30.2 Å². The first-order valence-corrected chi connectivity index (χ1v) is 7.69. The quantitative estimate of drug-likeness (QED) is 0.863. The first kappa shape index (κ1) is 13.4. The summed E-state index contributed by atoms with van der Waals surface area (Å²) in [4.78, 5) is 0. The van der Waals surface area contributed by atoms with E-state index < -0.39 is 0 Å². The Balaban J connectivity index is 1.58. The lowest BCUT2D eigenvalue weighted by molar-refractivity contribution is 0.259. The predicted molar refractivity (Wildman–Crippen MR) is 76.6 cm³/mol. The zero-order valence-corrected chi connectivity index (χ0v) is 12.1. The van der Waals surface area contributed by atoms with Crippen LogP contribution in [0.4, 0.5) is 4.39 Å². The predicted octanol–water partition coefficient (Wildman–Crippen LogP) is 4.39. The summed E-state index contributed by atoms with van der Waals surface area (Å²) in [5.74, 6) is 2.36. The Morgan fingerprint density at radius 3 is 2.89 bits per heavy atom. The Hall–Kier alpha value is -0.600. The third kappa shape index (κ3) is 2.66. The maximum absolute atomic E-state index is 13.8. The van der Waals surface area contributed by atoms with Crippen molar-refractivity contribution in [2.45, 2.75) is 45.2 Å². The Morgan fingerprint density at radius 1 is 1.37 bits per heavy atom. The van der Waals surface area contributed by atoms with Crippen LogP contribution in [0.1, 0.15) is 38.2 Å². The Morgan fingerprint density at radius 2 is 2.21 bits per heavy atom. The molecule has 0 aromatic heterocycles. The van der Waals surface area contributed by atoms with Crippen LogP contribution < -0.4 is 5.32 Å². The number of halogens is 2. The van der Waals surface area contributed by atoms with E-state index in [9.17, 15) is 4.39 Å². The molecule has 1 aromatic rings. The molecule has 4 atom stereocenters. The second kappa shape index (κ2) is 5.41. The molecule has 0 amide bonds. The number of hydrogen-bond donors (Lipinski definition) is 1. The van der Waals surface area contributed by atoms with Crippen molar-refractivity contribution in [3.8, 4) is 0 Å². The first-order valence-electron chi connectivity index (χ1n) is 7.31. The van der Waals surface area contributed by atoms with Crippen LogP contribution in [-0.2, 0) is 6.54 Å². The van der Waals surface area contributed by atoms with Crippen LogP contribution in [0.2, 0.25) is 5.02 Å². The van der Waals surface area contributed by atoms with E-state index in [4.69, 9.17) is 11.6 Å². The molecule has 1 N–H and O–H groups in total. The maximum Gasteiger partial charge on any atom is 0.146 e. The van der Waals surface area contributed by atoms with E-state index in [0.717, 1.165) is 17.8 Å². The minimum absolute atomic E-state index is 0.215. The Labute approximate surface area is 119 Å². The lowest BCUT2D eigenvalue weighted by Gasteiger charge is -2.28.